The molecule has 2 rings (SSSR count). The maximum Gasteiger partial charge on any atom is 0.0401 e. The SMILES string of the molecule is C#CCCN1c2ccccc2CCC1C. The minimum absolute atomic E-state index is 0.619. The van der Waals surface area contributed by atoms with Crippen LogP contribution >= 0.6 is 0 Å². The lowest BCUT2D eigenvalue weighted by Gasteiger charge is -2.36. The standard InChI is InChI=1S/C14H17N/c1-3-4-11-15-12(2)9-10-13-7-5-6-8-14(13)15/h1,5-8,12H,4,9-11H2,2H3. The number of fused-ring (bicyclic) bond motifs is 1. The Balaban J connectivity index is 2.25. The molecule has 1 aromatic rings. The summed E-state index contributed by atoms with van der Waals surface area (Å²) in [6, 6.07) is 9.28. The van der Waals surface area contributed by atoms with E-state index in [1.54, 1.807) is 0 Å². The fraction of sp³-hybridized carbons (Fsp3) is 0.429. The van der Waals surface area contributed by atoms with E-state index in [1.807, 2.05) is 0 Å². The zero-order valence-electron chi connectivity index (χ0n) is 9.24. The normalized spacial score (nSPS) is 19.5. The lowest BCUT2D eigenvalue weighted by atomic mass is 9.96. The van der Waals surface area contributed by atoms with Crippen molar-refractivity contribution in [3.8, 4) is 12.3 Å². The van der Waals surface area contributed by atoms with Gasteiger partial charge in [0.25, 0.3) is 0 Å². The number of aryl methyl sites for hydroxylation is 1. The van der Waals surface area contributed by atoms with Gasteiger partial charge in [0, 0.05) is 24.7 Å². The highest BCUT2D eigenvalue weighted by molar-refractivity contribution is 5.56. The average Bonchev–Trinajstić information content (AvgIpc) is 2.28. The van der Waals surface area contributed by atoms with E-state index >= 15 is 0 Å². The molecule has 0 spiro atoms. The summed E-state index contributed by atoms with van der Waals surface area (Å²) in [6.07, 6.45) is 8.60. The maximum atomic E-state index is 5.33. The number of para-hydroxylation sites is 1. The Morgan fingerprint density at radius 3 is 3.07 bits per heavy atom. The molecule has 0 saturated carbocycles. The maximum absolute atomic E-state index is 5.33. The summed E-state index contributed by atoms with van der Waals surface area (Å²) in [5.74, 6) is 2.72. The van der Waals surface area contributed by atoms with E-state index in [0.29, 0.717) is 6.04 Å². The Labute approximate surface area is 92.1 Å². The van der Waals surface area contributed by atoms with E-state index in [-0.39, 0.29) is 0 Å². The van der Waals surface area contributed by atoms with Crippen LogP contribution in [0, 0.1) is 12.3 Å². The molecule has 1 aliphatic heterocycles. The molecule has 15 heavy (non-hydrogen) atoms. The van der Waals surface area contributed by atoms with Crippen LogP contribution in [-0.4, -0.2) is 12.6 Å². The van der Waals surface area contributed by atoms with Crippen LogP contribution in [0.1, 0.15) is 25.3 Å². The molecule has 0 N–H and O–H groups in total. The van der Waals surface area contributed by atoms with Crippen molar-refractivity contribution in [2.24, 2.45) is 0 Å². The molecule has 0 radical (unpaired) electrons. The van der Waals surface area contributed by atoms with Crippen molar-refractivity contribution in [1.29, 1.82) is 0 Å². The number of nitrogens with zero attached hydrogens (tertiary/aromatic N) is 1. The first-order valence-corrected chi connectivity index (χ1v) is 5.61. The first-order valence-electron chi connectivity index (χ1n) is 5.61. The monoisotopic (exact) mass is 199 g/mol. The molecule has 0 saturated heterocycles. The van der Waals surface area contributed by atoms with Gasteiger partial charge in [0.15, 0.2) is 0 Å². The Morgan fingerprint density at radius 2 is 2.27 bits per heavy atom. The lowest BCUT2D eigenvalue weighted by molar-refractivity contribution is 0.565. The Kier molecular flexibility index (Phi) is 2.97. The van der Waals surface area contributed by atoms with Crippen LogP contribution in [-0.2, 0) is 6.42 Å². The summed E-state index contributed by atoms with van der Waals surface area (Å²) in [7, 11) is 0. The molecule has 0 bridgehead atoms. The van der Waals surface area contributed by atoms with Crippen LogP contribution in [0.2, 0.25) is 0 Å². The molecule has 0 aromatic heterocycles. The van der Waals surface area contributed by atoms with Gasteiger partial charge in [-0.25, -0.2) is 0 Å². The number of anilines is 1. The molecule has 1 unspecified atom stereocenters. The van der Waals surface area contributed by atoms with Crippen molar-refractivity contribution in [3.05, 3.63) is 29.8 Å². The smallest absolute Gasteiger partial charge is 0.0401 e. The largest absolute Gasteiger partial charge is 0.368 e. The zero-order chi connectivity index (χ0) is 10.7. The highest BCUT2D eigenvalue weighted by atomic mass is 15.2. The van der Waals surface area contributed by atoms with Crippen LogP contribution < -0.4 is 4.90 Å². The number of hydrogen-bond donors (Lipinski definition) is 0. The molecule has 1 heteroatoms. The second-order valence-corrected chi connectivity index (χ2v) is 4.16. The summed E-state index contributed by atoms with van der Waals surface area (Å²) in [5.41, 5.74) is 2.85. The topological polar surface area (TPSA) is 3.24 Å². The van der Waals surface area contributed by atoms with Gasteiger partial charge in [0.05, 0.1) is 0 Å². The van der Waals surface area contributed by atoms with Gasteiger partial charge in [-0.15, -0.1) is 12.3 Å². The van der Waals surface area contributed by atoms with E-state index in [0.717, 1.165) is 13.0 Å². The van der Waals surface area contributed by atoms with Gasteiger partial charge in [0.2, 0.25) is 0 Å². The van der Waals surface area contributed by atoms with Gasteiger partial charge in [-0.1, -0.05) is 18.2 Å². The van der Waals surface area contributed by atoms with Crippen molar-refractivity contribution in [3.63, 3.8) is 0 Å². The summed E-state index contributed by atoms with van der Waals surface area (Å²) in [6.45, 7) is 3.27. The first kappa shape index (κ1) is 10.1. The molecule has 1 heterocycles. The third-order valence-electron chi connectivity index (χ3n) is 3.16. The summed E-state index contributed by atoms with van der Waals surface area (Å²) in [4.78, 5) is 2.44. The quantitative estimate of drug-likeness (QED) is 0.662. The zero-order valence-corrected chi connectivity index (χ0v) is 9.24. The third-order valence-corrected chi connectivity index (χ3v) is 3.16. The van der Waals surface area contributed by atoms with Crippen LogP contribution in [0.5, 0.6) is 0 Å². The average molecular weight is 199 g/mol. The third kappa shape index (κ3) is 1.99. The molecule has 78 valence electrons. The molecular formula is C14H17N. The van der Waals surface area contributed by atoms with Gasteiger partial charge in [0.1, 0.15) is 0 Å². The van der Waals surface area contributed by atoms with Gasteiger partial charge in [-0.2, -0.15) is 0 Å². The van der Waals surface area contributed by atoms with E-state index in [1.165, 1.54) is 24.1 Å². The molecule has 1 aromatic carbocycles. The van der Waals surface area contributed by atoms with Gasteiger partial charge in [-0.3, -0.25) is 0 Å². The summed E-state index contributed by atoms with van der Waals surface area (Å²) in [5, 5.41) is 0. The van der Waals surface area contributed by atoms with Gasteiger partial charge >= 0.3 is 0 Å². The fourth-order valence-electron chi connectivity index (χ4n) is 2.29. The van der Waals surface area contributed by atoms with E-state index in [9.17, 15) is 0 Å². The first-order chi connectivity index (χ1) is 7.33. The van der Waals surface area contributed by atoms with Crippen LogP contribution in [0.25, 0.3) is 0 Å². The fourth-order valence-corrected chi connectivity index (χ4v) is 2.29. The number of benzene rings is 1. The van der Waals surface area contributed by atoms with Crippen molar-refractivity contribution in [1.82, 2.24) is 0 Å². The molecular weight excluding hydrogens is 182 g/mol. The van der Waals surface area contributed by atoms with Crippen molar-refractivity contribution < 1.29 is 0 Å². The molecule has 1 aliphatic rings. The predicted octanol–water partition coefficient (Wildman–Crippen LogP) is 2.85. The van der Waals surface area contributed by atoms with Crippen molar-refractivity contribution >= 4 is 5.69 Å². The Bertz CT molecular complexity index is 375. The van der Waals surface area contributed by atoms with Crippen LogP contribution in [0.15, 0.2) is 24.3 Å². The highest BCUT2D eigenvalue weighted by Gasteiger charge is 2.21. The van der Waals surface area contributed by atoms with Gasteiger partial charge < -0.3 is 4.90 Å². The minimum atomic E-state index is 0.619. The highest BCUT2D eigenvalue weighted by Crippen LogP contribution is 2.30. The van der Waals surface area contributed by atoms with Crippen molar-refractivity contribution in [2.45, 2.75) is 32.2 Å². The Morgan fingerprint density at radius 1 is 1.47 bits per heavy atom. The predicted molar refractivity (Wildman–Crippen MR) is 65.0 cm³/mol. The molecule has 1 nitrogen and oxygen atoms in total. The van der Waals surface area contributed by atoms with E-state index < -0.39 is 0 Å². The molecule has 0 fully saturated rings. The van der Waals surface area contributed by atoms with Crippen molar-refractivity contribution in [2.75, 3.05) is 11.4 Å². The summed E-state index contributed by atoms with van der Waals surface area (Å²) >= 11 is 0. The van der Waals surface area contributed by atoms with Crippen LogP contribution in [0.3, 0.4) is 0 Å². The minimum Gasteiger partial charge on any atom is -0.368 e. The van der Waals surface area contributed by atoms with Crippen LogP contribution in [0.4, 0.5) is 5.69 Å². The molecule has 0 amide bonds. The molecule has 1 atom stereocenters. The Hall–Kier alpha value is -1.42. The van der Waals surface area contributed by atoms with E-state index in [4.69, 9.17) is 6.42 Å². The van der Waals surface area contributed by atoms with Gasteiger partial charge in [-0.05, 0) is 31.4 Å². The van der Waals surface area contributed by atoms with E-state index in [2.05, 4.69) is 42.0 Å². The molecule has 0 aliphatic carbocycles. The number of hydrogen-bond acceptors (Lipinski definition) is 1. The second-order valence-electron chi connectivity index (χ2n) is 4.16. The summed E-state index contributed by atoms with van der Waals surface area (Å²) < 4.78 is 0. The lowest BCUT2D eigenvalue weighted by Crippen LogP contribution is -2.37. The number of terminal acetylenes is 1. The number of rotatable bonds is 2. The second kappa shape index (κ2) is 4.40.